The van der Waals surface area contributed by atoms with Crippen molar-refractivity contribution in [3.63, 3.8) is 0 Å². The standard InChI is InChI=1S/C16H21N3O3S/c1-23(21,22)18-15(20)11-19-14-10-6-5-9-13(14)17-16(19)12-7-3-2-4-8-12/h5-6,9-10,12H,2-4,7-8,11H2,1H3,(H,18,20). The van der Waals surface area contributed by atoms with E-state index in [4.69, 9.17) is 4.98 Å². The van der Waals surface area contributed by atoms with Crippen LogP contribution in [0.5, 0.6) is 0 Å². The molecule has 7 heteroatoms. The molecule has 0 spiro atoms. The average Bonchev–Trinajstić information content (AvgIpc) is 2.85. The molecule has 0 atom stereocenters. The van der Waals surface area contributed by atoms with Gasteiger partial charge in [-0.1, -0.05) is 31.4 Å². The summed E-state index contributed by atoms with van der Waals surface area (Å²) < 4.78 is 26.4. The van der Waals surface area contributed by atoms with Crippen LogP contribution in [0.3, 0.4) is 0 Å². The monoisotopic (exact) mass is 335 g/mol. The first kappa shape index (κ1) is 16.0. The van der Waals surface area contributed by atoms with Crippen molar-refractivity contribution in [1.82, 2.24) is 14.3 Å². The van der Waals surface area contributed by atoms with Gasteiger partial charge in [-0.15, -0.1) is 0 Å². The molecule has 1 amide bonds. The molecule has 0 bridgehead atoms. The average molecular weight is 335 g/mol. The third kappa shape index (κ3) is 3.72. The molecular weight excluding hydrogens is 314 g/mol. The maximum Gasteiger partial charge on any atom is 0.253 e. The molecular formula is C16H21N3O3S. The fourth-order valence-electron chi connectivity index (χ4n) is 3.32. The summed E-state index contributed by atoms with van der Waals surface area (Å²) in [5.74, 6) is 0.699. The number of para-hydroxylation sites is 2. The number of aromatic nitrogens is 2. The van der Waals surface area contributed by atoms with E-state index in [-0.39, 0.29) is 6.54 Å². The number of carbonyl (C=O) groups excluding carboxylic acids is 1. The van der Waals surface area contributed by atoms with Gasteiger partial charge in [-0.3, -0.25) is 9.52 Å². The number of sulfonamides is 1. The molecule has 1 aliphatic rings. The van der Waals surface area contributed by atoms with Crippen molar-refractivity contribution in [3.8, 4) is 0 Å². The number of carbonyl (C=O) groups is 1. The second-order valence-electron chi connectivity index (χ2n) is 6.18. The molecule has 1 aromatic heterocycles. The van der Waals surface area contributed by atoms with Crippen LogP contribution in [0.1, 0.15) is 43.8 Å². The Bertz CT molecular complexity index is 820. The first-order valence-corrected chi connectivity index (χ1v) is 9.79. The van der Waals surface area contributed by atoms with E-state index in [9.17, 15) is 13.2 Å². The lowest BCUT2D eigenvalue weighted by Gasteiger charge is -2.22. The zero-order valence-corrected chi connectivity index (χ0v) is 14.0. The second kappa shape index (κ2) is 6.31. The maximum atomic E-state index is 12.1. The molecule has 1 aromatic carbocycles. The van der Waals surface area contributed by atoms with Gasteiger partial charge in [0.2, 0.25) is 10.0 Å². The smallest absolute Gasteiger partial charge is 0.253 e. The van der Waals surface area contributed by atoms with E-state index in [0.29, 0.717) is 5.92 Å². The van der Waals surface area contributed by atoms with Gasteiger partial charge < -0.3 is 4.57 Å². The minimum atomic E-state index is -3.55. The summed E-state index contributed by atoms with van der Waals surface area (Å²) in [6.07, 6.45) is 6.70. The number of benzene rings is 1. The molecule has 1 saturated carbocycles. The van der Waals surface area contributed by atoms with E-state index < -0.39 is 15.9 Å². The van der Waals surface area contributed by atoms with Gasteiger partial charge in [-0.25, -0.2) is 13.4 Å². The van der Waals surface area contributed by atoms with Crippen molar-refractivity contribution in [2.45, 2.75) is 44.6 Å². The van der Waals surface area contributed by atoms with E-state index in [0.717, 1.165) is 36.0 Å². The van der Waals surface area contributed by atoms with Crippen LogP contribution in [-0.4, -0.2) is 30.1 Å². The number of fused-ring (bicyclic) bond motifs is 1. The fourth-order valence-corrected chi connectivity index (χ4v) is 3.79. The number of amides is 1. The molecule has 6 nitrogen and oxygen atoms in total. The number of imidazole rings is 1. The lowest BCUT2D eigenvalue weighted by atomic mass is 9.88. The third-order valence-corrected chi connectivity index (χ3v) is 4.85. The zero-order valence-electron chi connectivity index (χ0n) is 13.2. The van der Waals surface area contributed by atoms with Gasteiger partial charge in [-0.05, 0) is 25.0 Å². The molecule has 0 unspecified atom stereocenters. The normalized spacial score (nSPS) is 16.6. The Morgan fingerprint density at radius 3 is 2.65 bits per heavy atom. The molecule has 23 heavy (non-hydrogen) atoms. The summed E-state index contributed by atoms with van der Waals surface area (Å²) >= 11 is 0. The molecule has 1 N–H and O–H groups in total. The van der Waals surface area contributed by atoms with Gasteiger partial charge in [0.05, 0.1) is 17.3 Å². The molecule has 1 fully saturated rings. The lowest BCUT2D eigenvalue weighted by Crippen LogP contribution is -2.33. The molecule has 0 radical (unpaired) electrons. The Labute approximate surface area is 136 Å². The predicted octanol–water partition coefficient (Wildman–Crippen LogP) is 2.16. The Morgan fingerprint density at radius 2 is 1.96 bits per heavy atom. The van der Waals surface area contributed by atoms with Crippen molar-refractivity contribution >= 4 is 27.0 Å². The van der Waals surface area contributed by atoms with Crippen LogP contribution >= 0.6 is 0 Å². The molecule has 3 rings (SSSR count). The van der Waals surface area contributed by atoms with E-state index in [1.807, 2.05) is 33.6 Å². The van der Waals surface area contributed by atoms with Gasteiger partial charge in [0.1, 0.15) is 12.4 Å². The summed E-state index contributed by atoms with van der Waals surface area (Å²) in [4.78, 5) is 16.8. The highest BCUT2D eigenvalue weighted by atomic mass is 32.2. The largest absolute Gasteiger partial charge is 0.318 e. The summed E-state index contributed by atoms with van der Waals surface area (Å²) in [5, 5.41) is 0. The number of hydrogen-bond donors (Lipinski definition) is 1. The minimum absolute atomic E-state index is 0.0284. The lowest BCUT2D eigenvalue weighted by molar-refractivity contribution is -0.119. The zero-order chi connectivity index (χ0) is 16.4. The van der Waals surface area contributed by atoms with Gasteiger partial charge in [0.25, 0.3) is 5.91 Å². The number of rotatable bonds is 4. The highest BCUT2D eigenvalue weighted by Gasteiger charge is 2.23. The summed E-state index contributed by atoms with van der Waals surface area (Å²) in [7, 11) is -3.55. The highest BCUT2D eigenvalue weighted by Crippen LogP contribution is 2.33. The van der Waals surface area contributed by atoms with Crippen LogP contribution in [0, 0.1) is 0 Å². The molecule has 0 saturated heterocycles. The first-order chi connectivity index (χ1) is 10.9. The SMILES string of the molecule is CS(=O)(=O)NC(=O)Cn1c(C2CCCCC2)nc2ccccc21. The van der Waals surface area contributed by atoms with Crippen LogP contribution in [0.4, 0.5) is 0 Å². The molecule has 124 valence electrons. The quantitative estimate of drug-likeness (QED) is 0.928. The first-order valence-electron chi connectivity index (χ1n) is 7.90. The second-order valence-corrected chi connectivity index (χ2v) is 7.93. The Kier molecular flexibility index (Phi) is 4.39. The van der Waals surface area contributed by atoms with E-state index >= 15 is 0 Å². The third-order valence-electron chi connectivity index (χ3n) is 4.26. The number of nitrogens with zero attached hydrogens (tertiary/aromatic N) is 2. The number of hydrogen-bond acceptors (Lipinski definition) is 4. The van der Waals surface area contributed by atoms with Crippen LogP contribution in [-0.2, 0) is 21.4 Å². The van der Waals surface area contributed by atoms with Crippen molar-refractivity contribution in [2.75, 3.05) is 6.26 Å². The highest BCUT2D eigenvalue weighted by molar-refractivity contribution is 7.89. The Hall–Kier alpha value is -1.89. The van der Waals surface area contributed by atoms with Crippen molar-refractivity contribution < 1.29 is 13.2 Å². The number of nitrogens with one attached hydrogen (secondary N) is 1. The van der Waals surface area contributed by atoms with Gasteiger partial charge in [0.15, 0.2) is 0 Å². The van der Waals surface area contributed by atoms with Crippen molar-refractivity contribution in [1.29, 1.82) is 0 Å². The molecule has 1 aliphatic carbocycles. The molecule has 1 heterocycles. The van der Waals surface area contributed by atoms with Gasteiger partial charge >= 0.3 is 0 Å². The van der Waals surface area contributed by atoms with Crippen molar-refractivity contribution in [3.05, 3.63) is 30.1 Å². The molecule has 0 aliphatic heterocycles. The minimum Gasteiger partial charge on any atom is -0.318 e. The summed E-state index contributed by atoms with van der Waals surface area (Å²) in [6, 6.07) is 7.66. The summed E-state index contributed by atoms with van der Waals surface area (Å²) in [5.41, 5.74) is 1.72. The van der Waals surface area contributed by atoms with Crippen LogP contribution in [0.25, 0.3) is 11.0 Å². The van der Waals surface area contributed by atoms with Crippen LogP contribution < -0.4 is 4.72 Å². The maximum absolute atomic E-state index is 12.1. The predicted molar refractivity (Wildman–Crippen MR) is 88.5 cm³/mol. The van der Waals surface area contributed by atoms with E-state index in [1.54, 1.807) is 0 Å². The van der Waals surface area contributed by atoms with Crippen LogP contribution in [0.15, 0.2) is 24.3 Å². The molecule has 2 aromatic rings. The van der Waals surface area contributed by atoms with E-state index in [1.165, 1.54) is 19.3 Å². The fraction of sp³-hybridized carbons (Fsp3) is 0.500. The van der Waals surface area contributed by atoms with Crippen LogP contribution in [0.2, 0.25) is 0 Å². The van der Waals surface area contributed by atoms with E-state index in [2.05, 4.69) is 0 Å². The van der Waals surface area contributed by atoms with Gasteiger partial charge in [-0.2, -0.15) is 0 Å². The summed E-state index contributed by atoms with van der Waals surface area (Å²) in [6.45, 7) is -0.0284. The Balaban J connectivity index is 1.97. The topological polar surface area (TPSA) is 81.1 Å². The Morgan fingerprint density at radius 1 is 1.26 bits per heavy atom. The van der Waals surface area contributed by atoms with Crippen molar-refractivity contribution in [2.24, 2.45) is 0 Å². The van der Waals surface area contributed by atoms with Gasteiger partial charge in [0, 0.05) is 5.92 Å².